The number of sulfone groups is 1. The fraction of sp³-hybridized carbons (Fsp3) is 0.373. The Kier molecular flexibility index (Phi) is 21.3. The van der Waals surface area contributed by atoms with Gasteiger partial charge in [-0.25, -0.2) is 26.9 Å². The average Bonchev–Trinajstić information content (AvgIpc) is 1.48. The molecule has 0 saturated carbocycles. The Morgan fingerprint density at radius 3 is 1.89 bits per heavy atom. The normalized spacial score (nSPS) is 15.4. The summed E-state index contributed by atoms with van der Waals surface area (Å²) in [7, 11) is -5.77. The van der Waals surface area contributed by atoms with Crippen LogP contribution >= 0.6 is 0 Å². The van der Waals surface area contributed by atoms with Crippen molar-refractivity contribution in [1.29, 1.82) is 0 Å². The van der Waals surface area contributed by atoms with E-state index in [1.165, 1.54) is 35.6 Å². The lowest BCUT2D eigenvalue weighted by molar-refractivity contribution is -0.143. The van der Waals surface area contributed by atoms with E-state index in [0.29, 0.717) is 97.6 Å². The van der Waals surface area contributed by atoms with Gasteiger partial charge in [0.1, 0.15) is 17.7 Å². The molecule has 0 aliphatic carbocycles. The lowest BCUT2D eigenvalue weighted by atomic mass is 9.82. The summed E-state index contributed by atoms with van der Waals surface area (Å²) in [5.74, 6) is -1.39. The molecule has 2 N–H and O–H groups in total. The molecular formula is C67H78N8O15S2. The van der Waals surface area contributed by atoms with Crippen LogP contribution in [0.4, 0.5) is 5.69 Å². The van der Waals surface area contributed by atoms with Crippen LogP contribution in [0.15, 0.2) is 140 Å². The van der Waals surface area contributed by atoms with Crippen LogP contribution in [-0.4, -0.2) is 114 Å². The molecule has 1 amide bonds. The molecule has 0 spiro atoms. The molecule has 7 aromatic rings. The van der Waals surface area contributed by atoms with Crippen molar-refractivity contribution >= 4 is 60.8 Å². The highest BCUT2D eigenvalue weighted by molar-refractivity contribution is 7.91. The van der Waals surface area contributed by atoms with Gasteiger partial charge in [0, 0.05) is 54.2 Å². The van der Waals surface area contributed by atoms with Gasteiger partial charge >= 0.3 is 22.1 Å². The SMILES string of the molecule is CC(C)N1C(=O)c2ccccc2NS1(=O)=O.CCOC(=O)C1=NOC(c2ccccc2)(c2ccccc2)C1.CCc1cc(C)cc(CC)c1-c1c(OC(=O)C(C)(C)C)n2n(c1=O)CCOCC2.Cc1c(C(=O)c2c[nH]n(C)c2=O)ccc(S(C)(=O)=O)c1C1=NOCC1. The van der Waals surface area contributed by atoms with Crippen LogP contribution in [0.3, 0.4) is 0 Å². The number of aromatic amines is 1. The van der Waals surface area contributed by atoms with Crippen LogP contribution < -0.4 is 20.6 Å². The number of carbonyl (C=O) groups excluding carboxylic acids is 4. The number of carbonyl (C=O) groups is 4. The van der Waals surface area contributed by atoms with Gasteiger partial charge in [-0.05, 0) is 115 Å². The first-order valence-electron chi connectivity index (χ1n) is 30.2. The summed E-state index contributed by atoms with van der Waals surface area (Å²) >= 11 is 0. The Labute approximate surface area is 535 Å². The average molecular weight is 1300 g/mol. The highest BCUT2D eigenvalue weighted by Crippen LogP contribution is 2.42. The first-order valence-corrected chi connectivity index (χ1v) is 33.5. The number of ether oxygens (including phenoxy) is 3. The minimum absolute atomic E-state index is 0.00623. The maximum atomic E-state index is 13.5. The Morgan fingerprint density at radius 2 is 1.36 bits per heavy atom. The van der Waals surface area contributed by atoms with Crippen LogP contribution in [-0.2, 0) is 87.4 Å². The number of ketones is 1. The van der Waals surface area contributed by atoms with E-state index in [9.17, 15) is 45.6 Å². The molecule has 0 radical (unpaired) electrons. The highest BCUT2D eigenvalue weighted by atomic mass is 32.2. The van der Waals surface area contributed by atoms with Crippen LogP contribution in [0.5, 0.6) is 5.88 Å². The van der Waals surface area contributed by atoms with E-state index in [4.69, 9.17) is 23.9 Å². The van der Waals surface area contributed by atoms with Crippen molar-refractivity contribution in [2.75, 3.05) is 37.4 Å². The van der Waals surface area contributed by atoms with Gasteiger partial charge in [0.2, 0.25) is 5.88 Å². The third kappa shape index (κ3) is 14.6. The lowest BCUT2D eigenvalue weighted by Gasteiger charge is -2.31. The minimum Gasteiger partial charge on any atom is -0.461 e. The molecule has 488 valence electrons. The first-order chi connectivity index (χ1) is 43.6. The first kappa shape index (κ1) is 68.7. The fourth-order valence-corrected chi connectivity index (χ4v) is 13.4. The van der Waals surface area contributed by atoms with E-state index < -0.39 is 60.3 Å². The van der Waals surface area contributed by atoms with Gasteiger partial charge < -0.3 is 29.0 Å². The zero-order chi connectivity index (χ0) is 67.0. The number of aromatic nitrogens is 4. The molecule has 0 unspecified atom stereocenters. The number of benzene rings is 5. The number of hydrogen-bond acceptors (Lipinski definition) is 17. The van der Waals surface area contributed by atoms with Crippen molar-refractivity contribution < 1.29 is 59.9 Å². The van der Waals surface area contributed by atoms with Crippen LogP contribution in [0.25, 0.3) is 11.1 Å². The second kappa shape index (κ2) is 28.5. The largest absolute Gasteiger partial charge is 0.461 e. The monoisotopic (exact) mass is 1300 g/mol. The summed E-state index contributed by atoms with van der Waals surface area (Å²) < 4.78 is 72.2. The van der Waals surface area contributed by atoms with Crippen molar-refractivity contribution in [2.45, 2.75) is 125 Å². The second-order valence-electron chi connectivity index (χ2n) is 23.5. The molecule has 2 aromatic heterocycles. The number of anilines is 1. The molecule has 92 heavy (non-hydrogen) atoms. The lowest BCUT2D eigenvalue weighted by Crippen LogP contribution is -2.48. The second-order valence-corrected chi connectivity index (χ2v) is 27.0. The standard InChI is InChI=1S/C23H32N2O4.C18H17NO3.C16H17N3O5S.C10H12N2O3S/c1-7-16-13-15(3)14-17(8-2)18(16)19-20(26)24-9-11-28-12-10-25(24)21(19)29-22(27)23(4,5)6;1-2-21-17(20)16-13-18(22-19-16,14-9-5-3-6-10-14)15-11-7-4-8-12-15;1-9-10(15(20)11-8-17-19(2)16(11)21)4-5-13(25(3,22)23)14(9)12-6-7-24-18-12;1-7(2)12-10(13)8-5-3-4-6-9(8)11-16(12,14)15/h13-14H,7-12H2,1-6H3;3-12H,2,13H2,1H3;4-5,8,17H,6-7H2,1-3H3;3-7,11H,1-2H3. The quantitative estimate of drug-likeness (QED) is 0.0804. The van der Waals surface area contributed by atoms with Crippen molar-refractivity contribution in [3.63, 3.8) is 0 Å². The van der Waals surface area contributed by atoms with Gasteiger partial charge in [0.25, 0.3) is 17.0 Å². The number of H-pyrrole nitrogens is 1. The summed E-state index contributed by atoms with van der Waals surface area (Å²) in [6, 6.07) is 32.8. The van der Waals surface area contributed by atoms with Gasteiger partial charge in [-0.15, -0.1) is 0 Å². The van der Waals surface area contributed by atoms with Crippen LogP contribution in [0.1, 0.15) is 133 Å². The molecular weight excluding hydrogens is 1220 g/mol. The molecule has 4 aliphatic heterocycles. The minimum atomic E-state index is -3.75. The van der Waals surface area contributed by atoms with Crippen molar-refractivity contribution in [3.8, 4) is 17.0 Å². The Bertz CT molecular complexity index is 4280. The molecule has 0 atom stereocenters. The summed E-state index contributed by atoms with van der Waals surface area (Å²) in [6.07, 6.45) is 4.84. The number of para-hydroxylation sites is 1. The summed E-state index contributed by atoms with van der Waals surface area (Å²) in [5, 5.41) is 10.6. The molecule has 23 nitrogen and oxygen atoms in total. The molecule has 0 bridgehead atoms. The number of fused-ring (bicyclic) bond motifs is 2. The number of nitrogens with zero attached hydrogens (tertiary/aromatic N) is 6. The topological polar surface area (TPSA) is 287 Å². The predicted octanol–water partition coefficient (Wildman–Crippen LogP) is 8.99. The Balaban J connectivity index is 0.000000161. The highest BCUT2D eigenvalue weighted by Gasteiger charge is 2.45. The maximum absolute atomic E-state index is 13.5. The number of aryl methyl sites for hydroxylation is 4. The molecule has 25 heteroatoms. The van der Waals surface area contributed by atoms with E-state index in [-0.39, 0.29) is 27.6 Å². The number of nitrogens with one attached hydrogen (secondary N) is 2. The zero-order valence-electron chi connectivity index (χ0n) is 53.7. The van der Waals surface area contributed by atoms with Gasteiger partial charge in [-0.1, -0.05) is 115 Å². The van der Waals surface area contributed by atoms with Crippen LogP contribution in [0, 0.1) is 19.3 Å². The fourth-order valence-electron chi connectivity index (χ4n) is 11.0. The third-order valence-corrected chi connectivity index (χ3v) is 18.3. The van der Waals surface area contributed by atoms with Gasteiger partial charge in [-0.2, -0.15) is 8.42 Å². The number of rotatable bonds is 13. The number of hydrogen-bond donors (Lipinski definition) is 2. The third-order valence-electron chi connectivity index (χ3n) is 15.5. The molecule has 0 saturated heterocycles. The van der Waals surface area contributed by atoms with Gasteiger partial charge in [0.15, 0.2) is 26.9 Å². The molecule has 6 heterocycles. The van der Waals surface area contributed by atoms with Gasteiger partial charge in [0.05, 0.1) is 66.6 Å². The molecule has 11 rings (SSSR count). The Hall–Kier alpha value is -9.20. The van der Waals surface area contributed by atoms with Crippen molar-refractivity contribution in [2.24, 2.45) is 22.8 Å². The van der Waals surface area contributed by atoms with E-state index in [2.05, 4.69) is 53.0 Å². The van der Waals surface area contributed by atoms with E-state index in [1.807, 2.05) is 81.4 Å². The molecule has 0 fully saturated rings. The van der Waals surface area contributed by atoms with Crippen molar-refractivity contribution in [1.82, 2.24) is 23.4 Å². The van der Waals surface area contributed by atoms with Gasteiger partial charge in [-0.3, -0.25) is 33.4 Å². The smallest absolute Gasteiger partial charge is 0.356 e. The van der Waals surface area contributed by atoms with Crippen molar-refractivity contribution in [3.05, 3.63) is 192 Å². The summed E-state index contributed by atoms with van der Waals surface area (Å²) in [6.45, 7) is 21.0. The maximum Gasteiger partial charge on any atom is 0.356 e. The van der Waals surface area contributed by atoms with Crippen LogP contribution in [0.2, 0.25) is 0 Å². The number of oxime groups is 2. The molecule has 5 aromatic carbocycles. The number of esters is 2. The molecule has 4 aliphatic rings. The Morgan fingerprint density at radius 1 is 0.761 bits per heavy atom. The summed E-state index contributed by atoms with van der Waals surface area (Å²) in [4.78, 5) is 85.9. The summed E-state index contributed by atoms with van der Waals surface area (Å²) in [5.41, 5.74) is 7.29. The van der Waals surface area contributed by atoms with E-state index in [1.54, 1.807) is 61.3 Å². The number of amides is 1. The van der Waals surface area contributed by atoms with E-state index >= 15 is 0 Å². The zero-order valence-corrected chi connectivity index (χ0v) is 55.4. The van der Waals surface area contributed by atoms with E-state index in [0.717, 1.165) is 51.2 Å². The predicted molar refractivity (Wildman–Crippen MR) is 348 cm³/mol.